The van der Waals surface area contributed by atoms with E-state index in [2.05, 4.69) is 0 Å². The second kappa shape index (κ2) is 5.24. The van der Waals surface area contributed by atoms with E-state index in [-0.39, 0.29) is 18.1 Å². The molecule has 0 atom stereocenters. The number of benzene rings is 2. The topological polar surface area (TPSA) is 58.9 Å². The predicted molar refractivity (Wildman–Crippen MR) is 84.1 cm³/mol. The summed E-state index contributed by atoms with van der Waals surface area (Å²) in [5.41, 5.74) is 1.80. The van der Waals surface area contributed by atoms with E-state index < -0.39 is 0 Å². The third kappa shape index (κ3) is 2.18. The number of ether oxygens (including phenoxy) is 1. The summed E-state index contributed by atoms with van der Waals surface area (Å²) >= 11 is 1.81. The summed E-state index contributed by atoms with van der Waals surface area (Å²) in [6.45, 7) is 0.257. The highest BCUT2D eigenvalue weighted by Crippen LogP contribution is 2.40. The Kier molecular flexibility index (Phi) is 3.43. The lowest BCUT2D eigenvalue weighted by molar-refractivity contribution is 0.348. The van der Waals surface area contributed by atoms with Gasteiger partial charge >= 0.3 is 0 Å². The van der Waals surface area contributed by atoms with Gasteiger partial charge in [-0.1, -0.05) is 18.2 Å². The zero-order chi connectivity index (χ0) is 14.1. The van der Waals surface area contributed by atoms with Gasteiger partial charge in [0.25, 0.3) is 0 Å². The van der Waals surface area contributed by atoms with Gasteiger partial charge in [-0.15, -0.1) is 0 Å². The van der Waals surface area contributed by atoms with Crippen molar-refractivity contribution in [3.05, 3.63) is 53.6 Å². The van der Waals surface area contributed by atoms with Crippen molar-refractivity contribution in [3.63, 3.8) is 0 Å². The van der Waals surface area contributed by atoms with Crippen LogP contribution in [-0.4, -0.2) is 16.8 Å². The third-order valence-corrected chi connectivity index (χ3v) is 3.70. The first-order valence-electron chi connectivity index (χ1n) is 5.97. The van der Waals surface area contributed by atoms with Gasteiger partial charge in [-0.2, -0.15) is 0 Å². The van der Waals surface area contributed by atoms with Crippen molar-refractivity contribution in [2.24, 2.45) is 0 Å². The van der Waals surface area contributed by atoms with Crippen LogP contribution >= 0.6 is 23.0 Å². The molecule has 2 N–H and O–H groups in total. The minimum Gasteiger partial charge on any atom is -0.507 e. The van der Waals surface area contributed by atoms with Gasteiger partial charge in [-0.25, -0.2) is 0 Å². The lowest BCUT2D eigenvalue weighted by atomic mass is 9.98. The van der Waals surface area contributed by atoms with E-state index in [0.717, 1.165) is 11.3 Å². The number of halogens is 1. The molecule has 0 bridgehead atoms. The number of aliphatic hydroxyl groups excluding tert-OH is 1. The lowest BCUT2D eigenvalue weighted by Gasteiger charge is -2.21. The molecule has 2 aromatic carbocycles. The molecule has 3 rings (SSSR count). The molecule has 1 aliphatic heterocycles. The van der Waals surface area contributed by atoms with E-state index in [9.17, 15) is 10.2 Å². The van der Waals surface area contributed by atoms with Crippen molar-refractivity contribution in [1.29, 1.82) is 0 Å². The molecule has 4 nitrogen and oxygen atoms in total. The molecule has 5 heteroatoms. The number of hydrogen-bond acceptors (Lipinski definition) is 4. The summed E-state index contributed by atoms with van der Waals surface area (Å²) in [7, 11) is 0. The molecular weight excluding hydrogens is 371 g/mol. The van der Waals surface area contributed by atoms with Gasteiger partial charge in [-0.05, 0) is 29.8 Å². The molecule has 0 spiro atoms. The Morgan fingerprint density at radius 2 is 1.80 bits per heavy atom. The van der Waals surface area contributed by atoms with Crippen molar-refractivity contribution in [2.75, 3.05) is 6.61 Å². The average molecular weight is 382 g/mol. The van der Waals surface area contributed by atoms with Crippen LogP contribution in [0.15, 0.2) is 42.5 Å². The van der Waals surface area contributed by atoms with Crippen LogP contribution < -0.4 is 7.80 Å². The van der Waals surface area contributed by atoms with E-state index in [4.69, 9.17) is 7.80 Å². The van der Waals surface area contributed by atoms with Crippen molar-refractivity contribution >= 4 is 34.3 Å². The first kappa shape index (κ1) is 13.1. The smallest absolute Gasteiger partial charge is 0.192 e. The summed E-state index contributed by atoms with van der Waals surface area (Å²) in [5, 5.41) is 20.3. The van der Waals surface area contributed by atoms with Crippen molar-refractivity contribution in [1.82, 2.24) is 0 Å². The molecule has 1 heterocycles. The molecular formula is C15H11IO4. The molecule has 0 saturated heterocycles. The molecule has 0 unspecified atom stereocenters. The Morgan fingerprint density at radius 3 is 2.50 bits per heavy atom. The Labute approximate surface area is 130 Å². The summed E-state index contributed by atoms with van der Waals surface area (Å²) in [6, 6.07) is 12.2. The lowest BCUT2D eigenvalue weighted by Crippen LogP contribution is -2.10. The van der Waals surface area contributed by atoms with E-state index >= 15 is 0 Å². The minimum atomic E-state index is 0.00409. The van der Waals surface area contributed by atoms with Crippen molar-refractivity contribution in [2.45, 2.75) is 0 Å². The summed E-state index contributed by atoms with van der Waals surface area (Å²) in [6.07, 6.45) is 0. The van der Waals surface area contributed by atoms with Crippen LogP contribution in [0.4, 0.5) is 0 Å². The zero-order valence-corrected chi connectivity index (χ0v) is 12.5. The molecule has 0 radical (unpaired) electrons. The van der Waals surface area contributed by atoms with Crippen LogP contribution in [0.5, 0.6) is 17.2 Å². The largest absolute Gasteiger partial charge is 0.507 e. The maximum absolute atomic E-state index is 10.4. The Hall–Kier alpha value is -1.89. The Balaban J connectivity index is 2.09. The van der Waals surface area contributed by atoms with E-state index in [1.165, 1.54) is 6.07 Å². The van der Waals surface area contributed by atoms with Gasteiger partial charge < -0.3 is 18.0 Å². The molecule has 2 aromatic rings. The van der Waals surface area contributed by atoms with Gasteiger partial charge in [-0.3, -0.25) is 0 Å². The standard InChI is InChI=1S/C15H11IO4/c16-20-10-6-4-9(5-7-10)11-8-19-13-3-1-2-12(17)14(13)15(11)18/h1-7,17-18H,8H2. The minimum absolute atomic E-state index is 0.00409. The number of rotatable bonds is 2. The highest BCUT2D eigenvalue weighted by atomic mass is 127. The molecule has 0 fully saturated rings. The van der Waals surface area contributed by atoms with Gasteiger partial charge in [0.1, 0.15) is 35.2 Å². The fraction of sp³-hybridized carbons (Fsp3) is 0.0667. The Morgan fingerprint density at radius 1 is 1.05 bits per heavy atom. The number of aliphatic hydroxyl groups is 1. The number of fused-ring (bicyclic) bond motifs is 1. The fourth-order valence-corrected chi connectivity index (χ4v) is 2.47. The van der Waals surface area contributed by atoms with Crippen LogP contribution in [-0.2, 0) is 0 Å². The zero-order valence-electron chi connectivity index (χ0n) is 10.3. The molecule has 0 aromatic heterocycles. The highest BCUT2D eigenvalue weighted by molar-refractivity contribution is 14.1. The van der Waals surface area contributed by atoms with Crippen molar-refractivity contribution < 1.29 is 18.0 Å². The number of phenolic OH excluding ortho intramolecular Hbond substituents is 1. The molecule has 0 amide bonds. The molecule has 102 valence electrons. The summed E-state index contributed by atoms with van der Waals surface area (Å²) in [4.78, 5) is 0. The summed E-state index contributed by atoms with van der Waals surface area (Å²) in [5.74, 6) is 1.27. The van der Waals surface area contributed by atoms with Gasteiger partial charge in [0, 0.05) is 5.57 Å². The molecule has 0 saturated carbocycles. The molecule has 0 aliphatic carbocycles. The van der Waals surface area contributed by atoms with Crippen LogP contribution in [0.25, 0.3) is 11.3 Å². The summed E-state index contributed by atoms with van der Waals surface area (Å²) < 4.78 is 10.7. The number of phenols is 1. The first-order chi connectivity index (χ1) is 9.70. The fourth-order valence-electron chi connectivity index (χ4n) is 2.17. The van der Waals surface area contributed by atoms with Crippen LogP contribution in [0, 0.1) is 0 Å². The Bertz CT molecular complexity index is 677. The maximum atomic E-state index is 10.4. The van der Waals surface area contributed by atoms with Crippen LogP contribution in [0.3, 0.4) is 0 Å². The van der Waals surface area contributed by atoms with Crippen LogP contribution in [0.1, 0.15) is 11.1 Å². The van der Waals surface area contributed by atoms with Gasteiger partial charge in [0.15, 0.2) is 23.0 Å². The van der Waals surface area contributed by atoms with E-state index in [1.807, 2.05) is 47.3 Å². The molecule has 20 heavy (non-hydrogen) atoms. The first-order valence-corrected chi connectivity index (χ1v) is 6.85. The third-order valence-electron chi connectivity index (χ3n) is 3.19. The predicted octanol–water partition coefficient (Wildman–Crippen LogP) is 3.94. The highest BCUT2D eigenvalue weighted by Gasteiger charge is 2.23. The van der Waals surface area contributed by atoms with E-state index in [1.54, 1.807) is 12.1 Å². The van der Waals surface area contributed by atoms with Gasteiger partial charge in [0.2, 0.25) is 0 Å². The quantitative estimate of drug-likeness (QED) is 0.773. The normalized spacial score (nSPS) is 13.7. The molecule has 1 aliphatic rings. The average Bonchev–Trinajstić information content (AvgIpc) is 2.48. The van der Waals surface area contributed by atoms with E-state index in [0.29, 0.717) is 16.9 Å². The second-order valence-corrected chi connectivity index (χ2v) is 4.81. The number of hydrogen-bond donors (Lipinski definition) is 2. The number of aromatic hydroxyl groups is 1. The SMILES string of the molecule is OC1=C(c2ccc(OI)cc2)COc2cccc(O)c21. The van der Waals surface area contributed by atoms with Crippen LogP contribution in [0.2, 0.25) is 0 Å². The maximum Gasteiger partial charge on any atom is 0.192 e. The van der Waals surface area contributed by atoms with Gasteiger partial charge in [0.05, 0.1) is 0 Å². The monoisotopic (exact) mass is 382 g/mol. The second-order valence-electron chi connectivity index (χ2n) is 4.37. The van der Waals surface area contributed by atoms with Crippen molar-refractivity contribution in [3.8, 4) is 17.2 Å².